The van der Waals surface area contributed by atoms with Crippen LogP contribution in [0.25, 0.3) is 0 Å². The van der Waals surface area contributed by atoms with Crippen molar-refractivity contribution >= 4 is 0 Å². The van der Waals surface area contributed by atoms with Gasteiger partial charge >= 0.3 is 0 Å². The van der Waals surface area contributed by atoms with Crippen LogP contribution in [0.3, 0.4) is 0 Å². The molecule has 1 aromatic heterocycles. The van der Waals surface area contributed by atoms with Crippen LogP contribution >= 0.6 is 0 Å². The SMILES string of the molecule is CCCCc1ccc(OC(c2ccccn2)C(C)N)cc1. The van der Waals surface area contributed by atoms with Gasteiger partial charge in [-0.25, -0.2) is 0 Å². The first-order chi connectivity index (χ1) is 10.2. The Morgan fingerprint density at radius 3 is 2.48 bits per heavy atom. The lowest BCUT2D eigenvalue weighted by molar-refractivity contribution is 0.176. The second-order valence-corrected chi connectivity index (χ2v) is 5.40. The third-order valence-corrected chi connectivity index (χ3v) is 3.46. The Kier molecular flexibility index (Phi) is 5.76. The molecule has 2 atom stereocenters. The fourth-order valence-corrected chi connectivity index (χ4v) is 2.24. The van der Waals surface area contributed by atoms with Crippen LogP contribution in [0.2, 0.25) is 0 Å². The Morgan fingerprint density at radius 1 is 1.14 bits per heavy atom. The van der Waals surface area contributed by atoms with Crippen LogP contribution in [0.15, 0.2) is 48.7 Å². The molecule has 2 N–H and O–H groups in total. The molecule has 0 amide bonds. The van der Waals surface area contributed by atoms with E-state index in [0.717, 1.165) is 17.9 Å². The molecule has 2 unspecified atom stereocenters. The molecule has 3 nitrogen and oxygen atoms in total. The third-order valence-electron chi connectivity index (χ3n) is 3.46. The molecule has 0 radical (unpaired) electrons. The maximum Gasteiger partial charge on any atom is 0.155 e. The number of rotatable bonds is 7. The summed E-state index contributed by atoms with van der Waals surface area (Å²) in [5.41, 5.74) is 8.26. The minimum atomic E-state index is -0.229. The van der Waals surface area contributed by atoms with Crippen molar-refractivity contribution < 1.29 is 4.74 Å². The van der Waals surface area contributed by atoms with E-state index in [1.165, 1.54) is 18.4 Å². The fraction of sp³-hybridized carbons (Fsp3) is 0.389. The molecule has 112 valence electrons. The van der Waals surface area contributed by atoms with Gasteiger partial charge in [0.2, 0.25) is 0 Å². The minimum absolute atomic E-state index is 0.125. The molecule has 0 aliphatic rings. The first-order valence-corrected chi connectivity index (χ1v) is 7.63. The molecular weight excluding hydrogens is 260 g/mol. The Hall–Kier alpha value is -1.87. The summed E-state index contributed by atoms with van der Waals surface area (Å²) in [6.45, 7) is 4.15. The van der Waals surface area contributed by atoms with Gasteiger partial charge in [0.25, 0.3) is 0 Å². The van der Waals surface area contributed by atoms with Gasteiger partial charge in [0.15, 0.2) is 6.10 Å². The predicted molar refractivity (Wildman–Crippen MR) is 86.3 cm³/mol. The number of ether oxygens (including phenoxy) is 1. The normalized spacial score (nSPS) is 13.7. The molecule has 2 rings (SSSR count). The Labute approximate surface area is 127 Å². The van der Waals surface area contributed by atoms with Crippen LogP contribution in [-0.4, -0.2) is 11.0 Å². The first kappa shape index (κ1) is 15.5. The smallest absolute Gasteiger partial charge is 0.155 e. The molecule has 0 spiro atoms. The summed E-state index contributed by atoms with van der Waals surface area (Å²) >= 11 is 0. The van der Waals surface area contributed by atoms with Gasteiger partial charge in [-0.1, -0.05) is 31.5 Å². The Morgan fingerprint density at radius 2 is 1.90 bits per heavy atom. The summed E-state index contributed by atoms with van der Waals surface area (Å²) < 4.78 is 6.03. The van der Waals surface area contributed by atoms with Crippen molar-refractivity contribution in [3.63, 3.8) is 0 Å². The van der Waals surface area contributed by atoms with E-state index in [2.05, 4.69) is 24.0 Å². The Bertz CT molecular complexity index is 523. The van der Waals surface area contributed by atoms with E-state index in [0.29, 0.717) is 0 Å². The zero-order chi connectivity index (χ0) is 15.1. The second kappa shape index (κ2) is 7.79. The van der Waals surface area contributed by atoms with Gasteiger partial charge in [-0.15, -0.1) is 0 Å². The van der Waals surface area contributed by atoms with Crippen LogP contribution in [0.4, 0.5) is 0 Å². The fourth-order valence-electron chi connectivity index (χ4n) is 2.24. The van der Waals surface area contributed by atoms with Gasteiger partial charge in [-0.3, -0.25) is 4.98 Å². The van der Waals surface area contributed by atoms with E-state index < -0.39 is 0 Å². The van der Waals surface area contributed by atoms with Crippen molar-refractivity contribution in [2.75, 3.05) is 0 Å². The Balaban J connectivity index is 2.07. The third kappa shape index (κ3) is 4.57. The minimum Gasteiger partial charge on any atom is -0.483 e. The summed E-state index contributed by atoms with van der Waals surface area (Å²) in [5, 5.41) is 0. The highest BCUT2D eigenvalue weighted by molar-refractivity contribution is 5.28. The lowest BCUT2D eigenvalue weighted by Crippen LogP contribution is -2.29. The van der Waals surface area contributed by atoms with Gasteiger partial charge in [-0.2, -0.15) is 0 Å². The number of aryl methyl sites for hydroxylation is 1. The molecule has 3 heteroatoms. The van der Waals surface area contributed by atoms with E-state index in [1.807, 2.05) is 37.3 Å². The van der Waals surface area contributed by atoms with Crippen LogP contribution in [-0.2, 0) is 6.42 Å². The predicted octanol–water partition coefficient (Wildman–Crippen LogP) is 3.89. The van der Waals surface area contributed by atoms with Crippen molar-refractivity contribution in [2.45, 2.75) is 45.3 Å². The maximum absolute atomic E-state index is 6.05. The largest absolute Gasteiger partial charge is 0.483 e. The van der Waals surface area contributed by atoms with Crippen molar-refractivity contribution in [1.29, 1.82) is 0 Å². The molecule has 0 fully saturated rings. The zero-order valence-corrected chi connectivity index (χ0v) is 12.8. The number of benzene rings is 1. The lowest BCUT2D eigenvalue weighted by Gasteiger charge is -2.22. The van der Waals surface area contributed by atoms with Crippen LogP contribution in [0.5, 0.6) is 5.75 Å². The number of unbranched alkanes of at least 4 members (excludes halogenated alkanes) is 1. The maximum atomic E-state index is 6.05. The van der Waals surface area contributed by atoms with Crippen molar-refractivity contribution in [1.82, 2.24) is 4.98 Å². The highest BCUT2D eigenvalue weighted by atomic mass is 16.5. The molecule has 0 aliphatic carbocycles. The molecule has 0 saturated carbocycles. The molecule has 0 aliphatic heterocycles. The monoisotopic (exact) mass is 284 g/mol. The average Bonchev–Trinajstić information content (AvgIpc) is 2.52. The summed E-state index contributed by atoms with van der Waals surface area (Å²) in [6, 6.07) is 14.0. The van der Waals surface area contributed by atoms with Crippen LogP contribution in [0.1, 0.15) is 44.1 Å². The van der Waals surface area contributed by atoms with E-state index in [4.69, 9.17) is 10.5 Å². The first-order valence-electron chi connectivity index (χ1n) is 7.63. The number of hydrogen-bond donors (Lipinski definition) is 1. The highest BCUT2D eigenvalue weighted by Crippen LogP contribution is 2.23. The number of hydrogen-bond acceptors (Lipinski definition) is 3. The zero-order valence-electron chi connectivity index (χ0n) is 12.8. The molecule has 1 heterocycles. The molecule has 2 aromatic rings. The topological polar surface area (TPSA) is 48.1 Å². The number of pyridine rings is 1. The summed E-state index contributed by atoms with van der Waals surface area (Å²) in [6.07, 6.45) is 5.09. The molecule has 21 heavy (non-hydrogen) atoms. The van der Waals surface area contributed by atoms with Gasteiger partial charge in [0.1, 0.15) is 5.75 Å². The van der Waals surface area contributed by atoms with Crippen LogP contribution in [0, 0.1) is 0 Å². The average molecular weight is 284 g/mol. The quantitative estimate of drug-likeness (QED) is 0.839. The lowest BCUT2D eigenvalue weighted by atomic mass is 10.1. The molecule has 0 saturated heterocycles. The summed E-state index contributed by atoms with van der Waals surface area (Å²) in [4.78, 5) is 4.35. The van der Waals surface area contributed by atoms with Gasteiger partial charge < -0.3 is 10.5 Å². The number of nitrogens with zero attached hydrogens (tertiary/aromatic N) is 1. The van der Waals surface area contributed by atoms with E-state index in [9.17, 15) is 0 Å². The van der Waals surface area contributed by atoms with E-state index in [-0.39, 0.29) is 12.1 Å². The second-order valence-electron chi connectivity index (χ2n) is 5.40. The van der Waals surface area contributed by atoms with Crippen molar-refractivity contribution in [3.8, 4) is 5.75 Å². The van der Waals surface area contributed by atoms with Crippen molar-refractivity contribution in [2.24, 2.45) is 5.73 Å². The standard InChI is InChI=1S/C18H24N2O/c1-3-4-7-15-9-11-16(12-10-15)21-18(14(2)19)17-8-5-6-13-20-17/h5-6,8-14,18H,3-4,7,19H2,1-2H3. The number of aromatic nitrogens is 1. The van der Waals surface area contributed by atoms with E-state index in [1.54, 1.807) is 6.20 Å². The van der Waals surface area contributed by atoms with Crippen molar-refractivity contribution in [3.05, 3.63) is 59.9 Å². The number of nitrogens with two attached hydrogens (primary N) is 1. The van der Waals surface area contributed by atoms with E-state index >= 15 is 0 Å². The summed E-state index contributed by atoms with van der Waals surface area (Å²) in [7, 11) is 0. The van der Waals surface area contributed by atoms with Gasteiger partial charge in [0, 0.05) is 12.2 Å². The molecule has 1 aromatic carbocycles. The summed E-state index contributed by atoms with van der Waals surface area (Å²) in [5.74, 6) is 0.836. The molecule has 0 bridgehead atoms. The molecular formula is C18H24N2O. The van der Waals surface area contributed by atoms with Gasteiger partial charge in [0.05, 0.1) is 5.69 Å². The van der Waals surface area contributed by atoms with Crippen LogP contribution < -0.4 is 10.5 Å². The van der Waals surface area contributed by atoms with Gasteiger partial charge in [-0.05, 0) is 49.6 Å². The highest BCUT2D eigenvalue weighted by Gasteiger charge is 2.19.